The second-order valence-corrected chi connectivity index (χ2v) is 5.00. The quantitative estimate of drug-likeness (QED) is 0.645. The molecule has 1 N–H and O–H groups in total. The van der Waals surface area contributed by atoms with Crippen LogP contribution in [0, 0.1) is 11.8 Å². The van der Waals surface area contributed by atoms with Crippen molar-refractivity contribution in [2.24, 2.45) is 11.8 Å². The number of carboxylic acids is 1. The van der Waals surface area contributed by atoms with Crippen molar-refractivity contribution in [3.8, 4) is 0 Å². The summed E-state index contributed by atoms with van der Waals surface area (Å²) >= 11 is 0. The molecule has 0 aromatic rings. The highest BCUT2D eigenvalue weighted by molar-refractivity contribution is 5.79. The van der Waals surface area contributed by atoms with Crippen molar-refractivity contribution in [3.05, 3.63) is 0 Å². The average molecular weight is 258 g/mol. The molecule has 0 aliphatic heterocycles. The fourth-order valence-corrected chi connectivity index (χ4v) is 1.89. The largest absolute Gasteiger partial charge is 0.478 e. The van der Waals surface area contributed by atoms with Crippen molar-refractivity contribution in [2.75, 3.05) is 0 Å². The first-order valence-electron chi connectivity index (χ1n) is 6.87. The summed E-state index contributed by atoms with van der Waals surface area (Å²) in [6.45, 7) is 7.65. The number of aliphatic carboxylic acids is 1. The van der Waals surface area contributed by atoms with Gasteiger partial charge < -0.3 is 9.84 Å². The van der Waals surface area contributed by atoms with E-state index in [1.54, 1.807) is 6.92 Å². The monoisotopic (exact) mass is 258 g/mol. The second kappa shape index (κ2) is 8.95. The first kappa shape index (κ1) is 16.9. The molecule has 0 saturated carbocycles. The zero-order chi connectivity index (χ0) is 14.1. The highest BCUT2D eigenvalue weighted by Gasteiger charge is 2.29. The van der Waals surface area contributed by atoms with Crippen LogP contribution in [-0.2, 0) is 14.3 Å². The van der Waals surface area contributed by atoms with Gasteiger partial charge in [0.2, 0.25) is 6.10 Å². The van der Waals surface area contributed by atoms with Crippen molar-refractivity contribution in [3.63, 3.8) is 0 Å². The third-order valence-electron chi connectivity index (χ3n) is 3.14. The number of carbonyl (C=O) groups excluding carboxylic acids is 1. The highest BCUT2D eigenvalue weighted by Crippen LogP contribution is 2.18. The van der Waals surface area contributed by atoms with Crippen molar-refractivity contribution in [1.82, 2.24) is 0 Å². The van der Waals surface area contributed by atoms with E-state index in [9.17, 15) is 9.59 Å². The van der Waals surface area contributed by atoms with Crippen LogP contribution in [0.15, 0.2) is 0 Å². The predicted molar refractivity (Wildman–Crippen MR) is 70.3 cm³/mol. The van der Waals surface area contributed by atoms with Gasteiger partial charge in [0.1, 0.15) is 0 Å². The number of carbonyl (C=O) groups is 2. The molecule has 3 atom stereocenters. The van der Waals surface area contributed by atoms with Crippen LogP contribution in [0.5, 0.6) is 0 Å². The number of rotatable bonds is 9. The Balaban J connectivity index is 4.40. The van der Waals surface area contributed by atoms with Crippen LogP contribution in [0.2, 0.25) is 0 Å². The summed E-state index contributed by atoms with van der Waals surface area (Å²) in [4.78, 5) is 22.9. The molecule has 4 nitrogen and oxygen atoms in total. The van der Waals surface area contributed by atoms with Gasteiger partial charge in [0.15, 0.2) is 0 Å². The zero-order valence-corrected chi connectivity index (χ0v) is 11.9. The Labute approximate surface area is 110 Å². The lowest BCUT2D eigenvalue weighted by Crippen LogP contribution is -2.34. The van der Waals surface area contributed by atoms with Crippen molar-refractivity contribution in [1.29, 1.82) is 0 Å². The van der Waals surface area contributed by atoms with Crippen molar-refractivity contribution in [2.45, 2.75) is 65.9 Å². The molecule has 0 spiro atoms. The molecule has 0 rings (SSSR count). The number of hydrogen-bond acceptors (Lipinski definition) is 3. The third kappa shape index (κ3) is 6.03. The Morgan fingerprint density at radius 3 is 2.17 bits per heavy atom. The molecule has 0 aliphatic rings. The first-order valence-corrected chi connectivity index (χ1v) is 6.87. The second-order valence-electron chi connectivity index (χ2n) is 5.00. The van der Waals surface area contributed by atoms with Gasteiger partial charge in [0, 0.05) is 5.92 Å². The van der Waals surface area contributed by atoms with Gasteiger partial charge in [-0.05, 0) is 12.8 Å². The highest BCUT2D eigenvalue weighted by atomic mass is 16.6. The number of esters is 1. The van der Waals surface area contributed by atoms with E-state index in [1.807, 2.05) is 13.8 Å². The summed E-state index contributed by atoms with van der Waals surface area (Å²) in [7, 11) is 0. The van der Waals surface area contributed by atoms with E-state index in [-0.39, 0.29) is 17.8 Å². The molecule has 0 aromatic heterocycles. The van der Waals surface area contributed by atoms with Crippen LogP contribution in [0.4, 0.5) is 0 Å². The molecule has 0 bridgehead atoms. The van der Waals surface area contributed by atoms with Gasteiger partial charge in [0.25, 0.3) is 0 Å². The maximum absolute atomic E-state index is 11.8. The third-order valence-corrected chi connectivity index (χ3v) is 3.14. The number of carboxylic acid groups (broad SMARTS) is 1. The summed E-state index contributed by atoms with van der Waals surface area (Å²) in [5.74, 6) is -1.80. The van der Waals surface area contributed by atoms with Gasteiger partial charge in [0.05, 0.1) is 5.92 Å². The summed E-state index contributed by atoms with van der Waals surface area (Å²) in [5, 5.41) is 9.10. The maximum Gasteiger partial charge on any atom is 0.345 e. The maximum atomic E-state index is 11.8. The lowest BCUT2D eigenvalue weighted by Gasteiger charge is -2.21. The van der Waals surface area contributed by atoms with E-state index in [4.69, 9.17) is 9.84 Å². The molecule has 4 heteroatoms. The van der Waals surface area contributed by atoms with E-state index < -0.39 is 12.1 Å². The molecule has 0 saturated heterocycles. The van der Waals surface area contributed by atoms with E-state index in [2.05, 4.69) is 6.92 Å². The number of hydrogen-bond donors (Lipinski definition) is 1. The predicted octanol–water partition coefficient (Wildman–Crippen LogP) is 3.25. The van der Waals surface area contributed by atoms with Gasteiger partial charge in [-0.2, -0.15) is 0 Å². The Morgan fingerprint density at radius 1 is 1.11 bits per heavy atom. The van der Waals surface area contributed by atoms with E-state index >= 15 is 0 Å². The minimum atomic E-state index is -1.05. The van der Waals surface area contributed by atoms with E-state index in [0.717, 1.165) is 32.1 Å². The first-order chi connectivity index (χ1) is 8.43. The zero-order valence-electron chi connectivity index (χ0n) is 11.9. The fourth-order valence-electron chi connectivity index (χ4n) is 1.89. The molecule has 0 aromatic carbocycles. The smallest absolute Gasteiger partial charge is 0.345 e. The van der Waals surface area contributed by atoms with Crippen molar-refractivity contribution < 1.29 is 19.4 Å². The van der Waals surface area contributed by atoms with Crippen LogP contribution < -0.4 is 0 Å². The van der Waals surface area contributed by atoms with Gasteiger partial charge in [-0.25, -0.2) is 4.79 Å². The van der Waals surface area contributed by atoms with Gasteiger partial charge in [-0.15, -0.1) is 0 Å². The fraction of sp³-hybridized carbons (Fsp3) is 0.857. The SMILES string of the molecule is CCCCC(C)C(=O)OC(C(=O)O)C(C)CCC. The lowest BCUT2D eigenvalue weighted by atomic mass is 9.98. The summed E-state index contributed by atoms with van der Waals surface area (Å²) in [5.41, 5.74) is 0. The van der Waals surface area contributed by atoms with Crippen LogP contribution in [0.1, 0.15) is 59.8 Å². The van der Waals surface area contributed by atoms with Gasteiger partial charge in [-0.3, -0.25) is 4.79 Å². The average Bonchev–Trinajstić information content (AvgIpc) is 2.32. The summed E-state index contributed by atoms with van der Waals surface area (Å²) in [6, 6.07) is 0. The molecule has 0 heterocycles. The normalized spacial score (nSPS) is 15.8. The summed E-state index contributed by atoms with van der Waals surface area (Å²) in [6.07, 6.45) is 3.34. The molecule has 0 aliphatic carbocycles. The lowest BCUT2D eigenvalue weighted by molar-refractivity contribution is -0.170. The molecule has 18 heavy (non-hydrogen) atoms. The van der Waals surface area contributed by atoms with Crippen LogP contribution >= 0.6 is 0 Å². The molecule has 3 unspecified atom stereocenters. The van der Waals surface area contributed by atoms with Gasteiger partial charge in [-0.1, -0.05) is 47.0 Å². The Morgan fingerprint density at radius 2 is 1.72 bits per heavy atom. The van der Waals surface area contributed by atoms with Crippen LogP contribution in [-0.4, -0.2) is 23.1 Å². The number of unbranched alkanes of at least 4 members (excludes halogenated alkanes) is 1. The molecule has 0 amide bonds. The minimum absolute atomic E-state index is 0.144. The van der Waals surface area contributed by atoms with Gasteiger partial charge >= 0.3 is 11.9 Å². The van der Waals surface area contributed by atoms with Crippen LogP contribution in [0.25, 0.3) is 0 Å². The van der Waals surface area contributed by atoms with Crippen molar-refractivity contribution >= 4 is 11.9 Å². The molecular weight excluding hydrogens is 232 g/mol. The minimum Gasteiger partial charge on any atom is -0.478 e. The molecular formula is C14H26O4. The Kier molecular flexibility index (Phi) is 8.42. The number of ether oxygens (including phenoxy) is 1. The van der Waals surface area contributed by atoms with Crippen LogP contribution in [0.3, 0.4) is 0 Å². The van der Waals surface area contributed by atoms with E-state index in [0.29, 0.717) is 0 Å². The Bertz CT molecular complexity index is 263. The topological polar surface area (TPSA) is 63.6 Å². The Hall–Kier alpha value is -1.06. The molecule has 0 fully saturated rings. The van der Waals surface area contributed by atoms with E-state index in [1.165, 1.54) is 0 Å². The standard InChI is InChI=1S/C14H26O4/c1-5-7-9-11(4)14(17)18-12(13(15)16)10(3)8-6-2/h10-12H,5-9H2,1-4H3,(H,15,16). The molecule has 106 valence electrons. The molecule has 0 radical (unpaired) electrons. The summed E-state index contributed by atoms with van der Waals surface area (Å²) < 4.78 is 5.15.